The second-order valence-electron chi connectivity index (χ2n) is 5.61. The van der Waals surface area contributed by atoms with Gasteiger partial charge in [-0.25, -0.2) is 8.42 Å². The summed E-state index contributed by atoms with van der Waals surface area (Å²) in [5.41, 5.74) is 0.443. The van der Waals surface area contributed by atoms with E-state index in [0.29, 0.717) is 12.1 Å². The molecule has 0 amide bonds. The zero-order valence-corrected chi connectivity index (χ0v) is 13.5. The first-order valence-corrected chi connectivity index (χ1v) is 9.03. The monoisotopic (exact) mass is 309 g/mol. The average Bonchev–Trinajstić information content (AvgIpc) is 2.73. The number of sulfonamides is 1. The molecule has 0 bridgehead atoms. The quantitative estimate of drug-likeness (QED) is 0.802. The molecule has 1 unspecified atom stereocenters. The van der Waals surface area contributed by atoms with Crippen LogP contribution in [0, 0.1) is 0 Å². The van der Waals surface area contributed by atoms with E-state index in [1.165, 1.54) is 13.0 Å². The van der Waals surface area contributed by atoms with E-state index in [2.05, 4.69) is 0 Å². The molecule has 1 fully saturated rings. The Labute approximate surface area is 127 Å². The molecular weight excluding hydrogens is 286 g/mol. The predicted octanol–water partition coefficient (Wildman–Crippen LogP) is 3.23. The molecule has 0 aromatic heterocycles. The van der Waals surface area contributed by atoms with Gasteiger partial charge < -0.3 is 0 Å². The van der Waals surface area contributed by atoms with E-state index in [-0.39, 0.29) is 16.7 Å². The van der Waals surface area contributed by atoms with Crippen LogP contribution < -0.4 is 0 Å². The zero-order chi connectivity index (χ0) is 15.5. The van der Waals surface area contributed by atoms with Gasteiger partial charge in [-0.2, -0.15) is 4.31 Å². The van der Waals surface area contributed by atoms with Gasteiger partial charge in [-0.05, 0) is 38.3 Å². The van der Waals surface area contributed by atoms with Crippen LogP contribution in [0.25, 0.3) is 0 Å². The van der Waals surface area contributed by atoms with Gasteiger partial charge in [0, 0.05) is 18.2 Å². The second kappa shape index (κ2) is 6.71. The van der Waals surface area contributed by atoms with Crippen molar-refractivity contribution in [3.05, 3.63) is 29.8 Å². The topological polar surface area (TPSA) is 54.5 Å². The fourth-order valence-corrected chi connectivity index (χ4v) is 4.70. The van der Waals surface area contributed by atoms with Gasteiger partial charge in [-0.15, -0.1) is 0 Å². The fraction of sp³-hybridized carbons (Fsp3) is 0.562. The van der Waals surface area contributed by atoms with Crippen LogP contribution in [0.15, 0.2) is 29.2 Å². The van der Waals surface area contributed by atoms with E-state index < -0.39 is 10.0 Å². The summed E-state index contributed by atoms with van der Waals surface area (Å²) in [7, 11) is -3.52. The Kier molecular flexibility index (Phi) is 5.17. The Morgan fingerprint density at radius 1 is 1.29 bits per heavy atom. The molecule has 1 heterocycles. The molecule has 21 heavy (non-hydrogen) atoms. The van der Waals surface area contributed by atoms with Crippen molar-refractivity contribution >= 4 is 15.8 Å². The third-order valence-corrected chi connectivity index (χ3v) is 6.09. The molecule has 1 saturated heterocycles. The average molecular weight is 309 g/mol. The van der Waals surface area contributed by atoms with Crippen LogP contribution in [-0.2, 0) is 10.0 Å². The normalized spacial score (nSPS) is 21.0. The summed E-state index contributed by atoms with van der Waals surface area (Å²) in [4.78, 5) is 11.7. The maximum absolute atomic E-state index is 12.9. The lowest BCUT2D eigenvalue weighted by molar-refractivity contribution is 0.101. The van der Waals surface area contributed by atoms with Crippen LogP contribution in [-0.4, -0.2) is 31.1 Å². The van der Waals surface area contributed by atoms with Crippen LogP contribution in [0.5, 0.6) is 0 Å². The number of Topliss-reactive ketones (excluding diaryl/α,β-unsaturated/α-hetero) is 1. The lowest BCUT2D eigenvalue weighted by Crippen LogP contribution is -2.39. The Bertz CT molecular complexity index is 610. The first-order chi connectivity index (χ1) is 9.96. The Morgan fingerprint density at radius 2 is 2.05 bits per heavy atom. The summed E-state index contributed by atoms with van der Waals surface area (Å²) in [6.45, 7) is 4.06. The van der Waals surface area contributed by atoms with Crippen molar-refractivity contribution in [1.29, 1.82) is 0 Å². The van der Waals surface area contributed by atoms with Gasteiger partial charge in [-0.3, -0.25) is 4.79 Å². The summed E-state index contributed by atoms with van der Waals surface area (Å²) >= 11 is 0. The standard InChI is InChI=1S/C16H23NO3S/c1-3-15-9-5-4-6-11-17(15)21(19,20)16-10-7-8-14(12-16)13(2)18/h7-8,10,12,15H,3-6,9,11H2,1-2H3. The molecule has 1 aromatic carbocycles. The van der Waals surface area contributed by atoms with Crippen LogP contribution >= 0.6 is 0 Å². The number of carbonyl (C=O) groups excluding carboxylic acids is 1. The van der Waals surface area contributed by atoms with E-state index in [9.17, 15) is 13.2 Å². The second-order valence-corrected chi connectivity index (χ2v) is 7.50. The zero-order valence-electron chi connectivity index (χ0n) is 12.7. The van der Waals surface area contributed by atoms with Crippen LogP contribution in [0.4, 0.5) is 0 Å². The first-order valence-electron chi connectivity index (χ1n) is 7.59. The number of nitrogens with zero attached hydrogens (tertiary/aromatic N) is 1. The first kappa shape index (κ1) is 16.2. The van der Waals surface area contributed by atoms with Gasteiger partial charge in [-0.1, -0.05) is 31.9 Å². The number of benzene rings is 1. The maximum Gasteiger partial charge on any atom is 0.243 e. The summed E-state index contributed by atoms with van der Waals surface area (Å²) < 4.78 is 27.4. The van der Waals surface area contributed by atoms with E-state index in [4.69, 9.17) is 0 Å². The van der Waals surface area contributed by atoms with Crippen LogP contribution in [0.1, 0.15) is 56.3 Å². The van der Waals surface area contributed by atoms with E-state index >= 15 is 0 Å². The van der Waals surface area contributed by atoms with Crippen molar-refractivity contribution in [1.82, 2.24) is 4.31 Å². The molecule has 1 aliphatic rings. The van der Waals surface area contributed by atoms with Crippen molar-refractivity contribution < 1.29 is 13.2 Å². The van der Waals surface area contributed by atoms with Crippen molar-refractivity contribution in [2.24, 2.45) is 0 Å². The number of carbonyl (C=O) groups is 1. The highest BCUT2D eigenvalue weighted by atomic mass is 32.2. The summed E-state index contributed by atoms with van der Waals surface area (Å²) in [6.07, 6.45) is 4.81. The molecule has 1 aromatic rings. The largest absolute Gasteiger partial charge is 0.295 e. The van der Waals surface area contributed by atoms with Crippen molar-refractivity contribution in [2.75, 3.05) is 6.54 Å². The number of hydrogen-bond donors (Lipinski definition) is 0. The highest BCUT2D eigenvalue weighted by Gasteiger charge is 2.31. The Hall–Kier alpha value is -1.20. The molecule has 0 spiro atoms. The number of hydrogen-bond acceptors (Lipinski definition) is 3. The third kappa shape index (κ3) is 3.52. The minimum atomic E-state index is -3.52. The van der Waals surface area contributed by atoms with E-state index in [1.807, 2.05) is 6.92 Å². The molecule has 116 valence electrons. The van der Waals surface area contributed by atoms with Gasteiger partial charge in [0.1, 0.15) is 0 Å². The summed E-state index contributed by atoms with van der Waals surface area (Å²) in [6, 6.07) is 6.44. The fourth-order valence-electron chi connectivity index (χ4n) is 2.89. The van der Waals surface area contributed by atoms with Gasteiger partial charge in [0.2, 0.25) is 10.0 Å². The molecule has 4 nitrogen and oxygen atoms in total. The molecular formula is C16H23NO3S. The molecule has 5 heteroatoms. The minimum absolute atomic E-state index is 0.0680. The van der Waals surface area contributed by atoms with Gasteiger partial charge in [0.15, 0.2) is 5.78 Å². The highest BCUT2D eigenvalue weighted by Crippen LogP contribution is 2.26. The van der Waals surface area contributed by atoms with Crippen LogP contribution in [0.3, 0.4) is 0 Å². The highest BCUT2D eigenvalue weighted by molar-refractivity contribution is 7.89. The van der Waals surface area contributed by atoms with Gasteiger partial charge in [0.05, 0.1) is 4.90 Å². The lowest BCUT2D eigenvalue weighted by atomic mass is 10.1. The van der Waals surface area contributed by atoms with E-state index in [0.717, 1.165) is 32.1 Å². The number of ketones is 1. The maximum atomic E-state index is 12.9. The van der Waals surface area contributed by atoms with Crippen molar-refractivity contribution in [2.45, 2.75) is 56.9 Å². The summed E-state index contributed by atoms with van der Waals surface area (Å²) in [5, 5.41) is 0. The van der Waals surface area contributed by atoms with Crippen molar-refractivity contribution in [3.63, 3.8) is 0 Å². The third-order valence-electron chi connectivity index (χ3n) is 4.14. The molecule has 1 atom stereocenters. The van der Waals surface area contributed by atoms with E-state index in [1.54, 1.807) is 22.5 Å². The SMILES string of the molecule is CCC1CCCCCN1S(=O)(=O)c1cccc(C(C)=O)c1. The number of rotatable bonds is 4. The Morgan fingerprint density at radius 3 is 2.71 bits per heavy atom. The molecule has 0 saturated carbocycles. The Balaban J connectivity index is 2.39. The van der Waals surface area contributed by atoms with Crippen molar-refractivity contribution in [3.8, 4) is 0 Å². The predicted molar refractivity (Wildman–Crippen MR) is 82.9 cm³/mol. The molecule has 0 aliphatic carbocycles. The van der Waals surface area contributed by atoms with Crippen LogP contribution in [0.2, 0.25) is 0 Å². The summed E-state index contributed by atoms with van der Waals surface area (Å²) in [5.74, 6) is -0.116. The molecule has 0 N–H and O–H groups in total. The lowest BCUT2D eigenvalue weighted by Gasteiger charge is -2.28. The molecule has 1 aliphatic heterocycles. The molecule has 2 rings (SSSR count). The van der Waals surface area contributed by atoms with Gasteiger partial charge in [0.25, 0.3) is 0 Å². The smallest absolute Gasteiger partial charge is 0.243 e. The molecule has 0 radical (unpaired) electrons. The minimum Gasteiger partial charge on any atom is -0.295 e. The van der Waals surface area contributed by atoms with Gasteiger partial charge >= 0.3 is 0 Å².